The Balaban J connectivity index is 1.31. The molecule has 1 amide bonds. The van der Waals surface area contributed by atoms with E-state index in [1.807, 2.05) is 18.8 Å². The van der Waals surface area contributed by atoms with Gasteiger partial charge in [-0.15, -0.1) is 5.10 Å². The van der Waals surface area contributed by atoms with Crippen molar-refractivity contribution in [2.75, 3.05) is 27.2 Å². The monoisotopic (exact) mass is 374 g/mol. The normalized spacial score (nSPS) is 31.4. The highest BCUT2D eigenvalue weighted by molar-refractivity contribution is 5.79. The third-order valence-electron chi connectivity index (χ3n) is 6.63. The molecule has 3 aliphatic heterocycles. The molecule has 5 rings (SSSR count). The van der Waals surface area contributed by atoms with Gasteiger partial charge >= 0.3 is 0 Å². The van der Waals surface area contributed by atoms with Gasteiger partial charge < -0.3 is 10.2 Å². The first-order valence-electron chi connectivity index (χ1n) is 10.7. The van der Waals surface area contributed by atoms with Crippen LogP contribution >= 0.6 is 0 Å². The van der Waals surface area contributed by atoms with E-state index < -0.39 is 0 Å². The Morgan fingerprint density at radius 1 is 1.26 bits per heavy atom. The molecule has 4 aliphatic rings. The third kappa shape index (κ3) is 4.51. The number of rotatable bonds is 6. The summed E-state index contributed by atoms with van der Waals surface area (Å²) in [6, 6.07) is 0.902. The lowest BCUT2D eigenvalue weighted by Crippen LogP contribution is -2.58. The molecule has 4 fully saturated rings. The van der Waals surface area contributed by atoms with Crippen molar-refractivity contribution in [3.8, 4) is 0 Å². The standard InChI is InChI=1S/C20H34N6O/c1-24(2)11-17-12-26(23-22-17)13-18-10-15-8-9-25(18)14-19(15)20(27)21-16-6-4-3-5-7-16/h12,15-16,18-19H,3-11,13-14H2,1-2H3,(H,21,27)/t15-,18+,19-/m0/s1. The summed E-state index contributed by atoms with van der Waals surface area (Å²) in [4.78, 5) is 17.5. The van der Waals surface area contributed by atoms with Crippen molar-refractivity contribution < 1.29 is 4.79 Å². The van der Waals surface area contributed by atoms with E-state index in [1.165, 1.54) is 19.3 Å². The Hall–Kier alpha value is -1.47. The van der Waals surface area contributed by atoms with E-state index in [0.717, 1.165) is 57.6 Å². The van der Waals surface area contributed by atoms with Gasteiger partial charge in [-0.3, -0.25) is 14.4 Å². The molecule has 4 heterocycles. The van der Waals surface area contributed by atoms with Crippen molar-refractivity contribution >= 4 is 5.91 Å². The number of carbonyl (C=O) groups excluding carboxylic acids is 1. The van der Waals surface area contributed by atoms with E-state index >= 15 is 0 Å². The number of hydrogen-bond acceptors (Lipinski definition) is 5. The second-order valence-corrected chi connectivity index (χ2v) is 9.05. The van der Waals surface area contributed by atoms with Gasteiger partial charge in [-0.2, -0.15) is 0 Å². The molecule has 0 radical (unpaired) electrons. The Morgan fingerprint density at radius 2 is 2.07 bits per heavy atom. The molecule has 1 saturated carbocycles. The molecule has 1 aromatic rings. The topological polar surface area (TPSA) is 66.3 Å². The van der Waals surface area contributed by atoms with E-state index in [2.05, 4.69) is 31.6 Å². The van der Waals surface area contributed by atoms with Crippen LogP contribution in [0.3, 0.4) is 0 Å². The van der Waals surface area contributed by atoms with Crippen molar-refractivity contribution in [2.24, 2.45) is 11.8 Å². The van der Waals surface area contributed by atoms with Crippen LogP contribution in [-0.2, 0) is 17.9 Å². The molecule has 1 N–H and O–H groups in total. The first-order chi connectivity index (χ1) is 13.1. The second-order valence-electron chi connectivity index (χ2n) is 9.05. The van der Waals surface area contributed by atoms with Crippen LogP contribution in [0.15, 0.2) is 6.20 Å². The van der Waals surface area contributed by atoms with E-state index in [0.29, 0.717) is 23.9 Å². The van der Waals surface area contributed by atoms with E-state index in [9.17, 15) is 4.79 Å². The predicted molar refractivity (Wildman–Crippen MR) is 104 cm³/mol. The number of nitrogens with one attached hydrogen (secondary N) is 1. The van der Waals surface area contributed by atoms with Crippen LogP contribution in [0, 0.1) is 11.8 Å². The van der Waals surface area contributed by atoms with Crippen LogP contribution in [0.4, 0.5) is 0 Å². The molecule has 2 bridgehead atoms. The van der Waals surface area contributed by atoms with Gasteiger partial charge in [0.25, 0.3) is 0 Å². The van der Waals surface area contributed by atoms with Gasteiger partial charge in [-0.25, -0.2) is 0 Å². The van der Waals surface area contributed by atoms with Crippen molar-refractivity contribution in [2.45, 2.75) is 70.1 Å². The molecule has 1 unspecified atom stereocenters. The molecule has 27 heavy (non-hydrogen) atoms. The summed E-state index contributed by atoms with van der Waals surface area (Å²) in [6.07, 6.45) is 10.5. The van der Waals surface area contributed by atoms with Crippen molar-refractivity contribution in [1.29, 1.82) is 0 Å². The zero-order chi connectivity index (χ0) is 18.8. The maximum absolute atomic E-state index is 12.9. The molecular weight excluding hydrogens is 340 g/mol. The average molecular weight is 375 g/mol. The van der Waals surface area contributed by atoms with Crippen LogP contribution in [0.25, 0.3) is 0 Å². The second kappa shape index (κ2) is 8.27. The number of amides is 1. The zero-order valence-electron chi connectivity index (χ0n) is 16.8. The Bertz CT molecular complexity index is 638. The fourth-order valence-corrected chi connectivity index (χ4v) is 5.22. The molecule has 7 heteroatoms. The number of piperidine rings is 3. The summed E-state index contributed by atoms with van der Waals surface area (Å²) in [5, 5.41) is 12.0. The van der Waals surface area contributed by atoms with E-state index in [4.69, 9.17) is 0 Å². The van der Waals surface area contributed by atoms with Crippen molar-refractivity contribution in [3.63, 3.8) is 0 Å². The minimum Gasteiger partial charge on any atom is -0.353 e. The largest absolute Gasteiger partial charge is 0.353 e. The first-order valence-corrected chi connectivity index (χ1v) is 10.7. The lowest BCUT2D eigenvalue weighted by Gasteiger charge is -2.49. The molecule has 3 saturated heterocycles. The highest BCUT2D eigenvalue weighted by Crippen LogP contribution is 2.37. The van der Waals surface area contributed by atoms with Crippen LogP contribution in [0.1, 0.15) is 50.6 Å². The Kier molecular flexibility index (Phi) is 5.78. The highest BCUT2D eigenvalue weighted by Gasteiger charge is 2.43. The smallest absolute Gasteiger partial charge is 0.224 e. The van der Waals surface area contributed by atoms with Crippen molar-refractivity contribution in [3.05, 3.63) is 11.9 Å². The van der Waals surface area contributed by atoms with Gasteiger partial charge in [0.1, 0.15) is 0 Å². The Morgan fingerprint density at radius 3 is 2.78 bits per heavy atom. The number of nitrogens with zero attached hydrogens (tertiary/aromatic N) is 5. The van der Waals surface area contributed by atoms with E-state index in [1.54, 1.807) is 0 Å². The van der Waals surface area contributed by atoms with Crippen molar-refractivity contribution in [1.82, 2.24) is 30.1 Å². The molecule has 150 valence electrons. The zero-order valence-corrected chi connectivity index (χ0v) is 16.8. The SMILES string of the molecule is CN(C)Cc1cn(C[C@H]2C[C@@H]3CCN2C[C@@H]3C(=O)NC2CCCCC2)nn1. The van der Waals surface area contributed by atoms with Gasteiger partial charge in [-0.1, -0.05) is 24.5 Å². The summed E-state index contributed by atoms with van der Waals surface area (Å²) in [5.41, 5.74) is 1.01. The van der Waals surface area contributed by atoms with Gasteiger partial charge in [-0.05, 0) is 52.2 Å². The lowest BCUT2D eigenvalue weighted by atomic mass is 9.75. The summed E-state index contributed by atoms with van der Waals surface area (Å²) >= 11 is 0. The number of hydrogen-bond donors (Lipinski definition) is 1. The van der Waals surface area contributed by atoms with Gasteiger partial charge in [0.15, 0.2) is 0 Å². The van der Waals surface area contributed by atoms with Crippen LogP contribution in [0.5, 0.6) is 0 Å². The van der Waals surface area contributed by atoms with Crippen LogP contribution in [-0.4, -0.2) is 70.0 Å². The fraction of sp³-hybridized carbons (Fsp3) is 0.850. The number of carbonyl (C=O) groups is 1. The fourth-order valence-electron chi connectivity index (χ4n) is 5.22. The molecule has 1 aromatic heterocycles. The first kappa shape index (κ1) is 18.9. The van der Waals surface area contributed by atoms with E-state index in [-0.39, 0.29) is 5.92 Å². The summed E-state index contributed by atoms with van der Waals surface area (Å²) in [5.74, 6) is 1.01. The lowest BCUT2D eigenvalue weighted by molar-refractivity contribution is -0.134. The minimum absolute atomic E-state index is 0.178. The Labute approximate surface area is 162 Å². The van der Waals surface area contributed by atoms with Gasteiger partial charge in [0, 0.05) is 31.4 Å². The highest BCUT2D eigenvalue weighted by atomic mass is 16.2. The molecule has 0 spiro atoms. The molecule has 0 aromatic carbocycles. The third-order valence-corrected chi connectivity index (χ3v) is 6.63. The van der Waals surface area contributed by atoms with Crippen LogP contribution in [0.2, 0.25) is 0 Å². The van der Waals surface area contributed by atoms with Gasteiger partial charge in [0.05, 0.1) is 18.2 Å². The number of fused-ring (bicyclic) bond motifs is 3. The maximum Gasteiger partial charge on any atom is 0.224 e. The molecule has 7 nitrogen and oxygen atoms in total. The summed E-state index contributed by atoms with van der Waals surface area (Å²) in [6.45, 7) is 3.73. The van der Waals surface area contributed by atoms with Gasteiger partial charge in [0.2, 0.25) is 5.91 Å². The maximum atomic E-state index is 12.9. The van der Waals surface area contributed by atoms with Crippen LogP contribution < -0.4 is 5.32 Å². The number of aromatic nitrogens is 3. The molecule has 4 atom stereocenters. The summed E-state index contributed by atoms with van der Waals surface area (Å²) < 4.78 is 1.99. The average Bonchev–Trinajstić information content (AvgIpc) is 3.09. The predicted octanol–water partition coefficient (Wildman–Crippen LogP) is 1.50. The molecule has 1 aliphatic carbocycles. The minimum atomic E-state index is 0.178. The molecular formula is C20H34N6O. The summed E-state index contributed by atoms with van der Waals surface area (Å²) in [7, 11) is 4.09. The quantitative estimate of drug-likeness (QED) is 0.817.